The Labute approximate surface area is 74.3 Å². The van der Waals surface area contributed by atoms with Gasteiger partial charge in [0, 0.05) is 19.5 Å². The molecule has 1 fully saturated rings. The van der Waals surface area contributed by atoms with E-state index in [1.165, 1.54) is 0 Å². The first-order valence-electron chi connectivity index (χ1n) is 4.62. The molecule has 1 aliphatic heterocycles. The number of carbonyl (C=O) groups excluding carboxylic acids is 1. The van der Waals surface area contributed by atoms with Gasteiger partial charge in [0.15, 0.2) is 0 Å². The van der Waals surface area contributed by atoms with E-state index in [-0.39, 0.29) is 0 Å². The summed E-state index contributed by atoms with van der Waals surface area (Å²) in [6.07, 6.45) is 2.92. The van der Waals surface area contributed by atoms with Crippen LogP contribution in [-0.4, -0.2) is 49.4 Å². The van der Waals surface area contributed by atoms with Crippen molar-refractivity contribution in [3.05, 3.63) is 0 Å². The fraction of sp³-hybridized carbons (Fsp3) is 0.889. The average Bonchev–Trinajstić information content (AvgIpc) is 2.36. The van der Waals surface area contributed by atoms with Gasteiger partial charge in [0.05, 0.1) is 0 Å². The van der Waals surface area contributed by atoms with Crippen molar-refractivity contribution in [3.8, 4) is 0 Å². The third-order valence-electron chi connectivity index (χ3n) is 2.20. The number of amides is 1. The van der Waals surface area contributed by atoms with Crippen LogP contribution < -0.4 is 0 Å². The number of likely N-dealkylation sites (tertiary alicyclic amines) is 1. The van der Waals surface area contributed by atoms with Gasteiger partial charge in [-0.05, 0) is 33.5 Å². The Balaban J connectivity index is 2.10. The molecule has 1 aliphatic rings. The molecule has 70 valence electrons. The molecule has 0 radical (unpaired) electrons. The maximum atomic E-state index is 11.2. The standard InChI is InChI=1S/C9H18N2O/c1-10(2)6-4-8-11-7-3-5-9(11)12/h3-8H2,1-2H3. The van der Waals surface area contributed by atoms with E-state index < -0.39 is 0 Å². The van der Waals surface area contributed by atoms with Gasteiger partial charge >= 0.3 is 0 Å². The normalized spacial score (nSPS) is 17.9. The van der Waals surface area contributed by atoms with Crippen LogP contribution in [0, 0.1) is 0 Å². The van der Waals surface area contributed by atoms with Gasteiger partial charge in [-0.2, -0.15) is 0 Å². The van der Waals surface area contributed by atoms with Gasteiger partial charge in [-0.25, -0.2) is 0 Å². The van der Waals surface area contributed by atoms with Gasteiger partial charge in [-0.1, -0.05) is 0 Å². The quantitative estimate of drug-likeness (QED) is 0.615. The molecule has 12 heavy (non-hydrogen) atoms. The summed E-state index contributed by atoms with van der Waals surface area (Å²) in [6, 6.07) is 0. The maximum Gasteiger partial charge on any atom is 0.222 e. The topological polar surface area (TPSA) is 23.6 Å². The molecule has 1 heterocycles. The van der Waals surface area contributed by atoms with Crippen LogP contribution in [-0.2, 0) is 4.79 Å². The Kier molecular flexibility index (Phi) is 3.53. The molecule has 1 amide bonds. The van der Waals surface area contributed by atoms with Crippen LogP contribution in [0.3, 0.4) is 0 Å². The summed E-state index contributed by atoms with van der Waals surface area (Å²) in [5.74, 6) is 0.341. The first-order valence-corrected chi connectivity index (χ1v) is 4.62. The van der Waals surface area contributed by atoms with Crippen molar-refractivity contribution >= 4 is 5.91 Å². The monoisotopic (exact) mass is 170 g/mol. The van der Waals surface area contributed by atoms with Crippen molar-refractivity contribution in [2.75, 3.05) is 33.7 Å². The van der Waals surface area contributed by atoms with Crippen LogP contribution in [0.15, 0.2) is 0 Å². The lowest BCUT2D eigenvalue weighted by atomic mass is 10.4. The van der Waals surface area contributed by atoms with Crippen LogP contribution in [0.5, 0.6) is 0 Å². The van der Waals surface area contributed by atoms with E-state index in [1.54, 1.807) is 0 Å². The van der Waals surface area contributed by atoms with Crippen molar-refractivity contribution in [1.82, 2.24) is 9.80 Å². The van der Waals surface area contributed by atoms with Crippen LogP contribution >= 0.6 is 0 Å². The molecule has 0 aromatic rings. The van der Waals surface area contributed by atoms with Crippen LogP contribution in [0.25, 0.3) is 0 Å². The summed E-state index contributed by atoms with van der Waals surface area (Å²) in [4.78, 5) is 15.3. The molecule has 3 heteroatoms. The highest BCUT2D eigenvalue weighted by molar-refractivity contribution is 5.77. The SMILES string of the molecule is CN(C)CCCN1CCCC1=O. The zero-order chi connectivity index (χ0) is 8.97. The molecular weight excluding hydrogens is 152 g/mol. The van der Waals surface area contributed by atoms with E-state index >= 15 is 0 Å². The second-order valence-electron chi connectivity index (χ2n) is 3.64. The van der Waals surface area contributed by atoms with Gasteiger partial charge in [-0.15, -0.1) is 0 Å². The highest BCUT2D eigenvalue weighted by Gasteiger charge is 2.18. The van der Waals surface area contributed by atoms with Crippen molar-refractivity contribution in [3.63, 3.8) is 0 Å². The molecule has 0 aromatic heterocycles. The predicted octanol–water partition coefficient (Wildman–Crippen LogP) is 0.560. The van der Waals surface area contributed by atoms with Crippen molar-refractivity contribution < 1.29 is 4.79 Å². The molecule has 0 spiro atoms. The number of carbonyl (C=O) groups is 1. The third-order valence-corrected chi connectivity index (χ3v) is 2.20. The highest BCUT2D eigenvalue weighted by atomic mass is 16.2. The average molecular weight is 170 g/mol. The van der Waals surface area contributed by atoms with Gasteiger partial charge in [0.2, 0.25) is 5.91 Å². The second-order valence-corrected chi connectivity index (χ2v) is 3.64. The van der Waals surface area contributed by atoms with E-state index in [2.05, 4.69) is 19.0 Å². The summed E-state index contributed by atoms with van der Waals surface area (Å²) in [5.41, 5.74) is 0. The highest BCUT2D eigenvalue weighted by Crippen LogP contribution is 2.09. The molecular formula is C9H18N2O. The summed E-state index contributed by atoms with van der Waals surface area (Å²) >= 11 is 0. The largest absolute Gasteiger partial charge is 0.343 e. The lowest BCUT2D eigenvalue weighted by molar-refractivity contribution is -0.127. The maximum absolute atomic E-state index is 11.2. The van der Waals surface area contributed by atoms with E-state index in [4.69, 9.17) is 0 Å². The number of rotatable bonds is 4. The molecule has 0 aromatic carbocycles. The van der Waals surface area contributed by atoms with Crippen molar-refractivity contribution in [1.29, 1.82) is 0 Å². The lowest BCUT2D eigenvalue weighted by Crippen LogP contribution is -2.28. The fourth-order valence-electron chi connectivity index (χ4n) is 1.52. The van der Waals surface area contributed by atoms with E-state index in [9.17, 15) is 4.79 Å². The van der Waals surface area contributed by atoms with Gasteiger partial charge in [-0.3, -0.25) is 4.79 Å². The third kappa shape index (κ3) is 2.81. The van der Waals surface area contributed by atoms with Crippen molar-refractivity contribution in [2.24, 2.45) is 0 Å². The molecule has 0 saturated carbocycles. The minimum Gasteiger partial charge on any atom is -0.343 e. The number of hydrogen-bond acceptors (Lipinski definition) is 2. The first kappa shape index (κ1) is 9.52. The Bertz CT molecular complexity index is 157. The summed E-state index contributed by atoms with van der Waals surface area (Å²) in [7, 11) is 4.12. The summed E-state index contributed by atoms with van der Waals surface area (Å²) in [6.45, 7) is 2.99. The van der Waals surface area contributed by atoms with E-state index in [1.807, 2.05) is 4.90 Å². The molecule has 0 aliphatic carbocycles. The summed E-state index contributed by atoms with van der Waals surface area (Å²) in [5, 5.41) is 0. The minimum absolute atomic E-state index is 0.341. The molecule has 1 saturated heterocycles. The Morgan fingerprint density at radius 3 is 2.75 bits per heavy atom. The van der Waals surface area contributed by atoms with E-state index in [0.29, 0.717) is 5.91 Å². The van der Waals surface area contributed by atoms with Crippen LogP contribution in [0.1, 0.15) is 19.3 Å². The number of nitrogens with zero attached hydrogens (tertiary/aromatic N) is 2. The zero-order valence-electron chi connectivity index (χ0n) is 8.05. The molecule has 0 bridgehead atoms. The zero-order valence-corrected chi connectivity index (χ0v) is 8.05. The van der Waals surface area contributed by atoms with Crippen LogP contribution in [0.4, 0.5) is 0 Å². The van der Waals surface area contributed by atoms with Crippen molar-refractivity contribution in [2.45, 2.75) is 19.3 Å². The second kappa shape index (κ2) is 4.45. The first-order chi connectivity index (χ1) is 5.70. The minimum atomic E-state index is 0.341. The van der Waals surface area contributed by atoms with Gasteiger partial charge < -0.3 is 9.80 Å². The number of hydrogen-bond donors (Lipinski definition) is 0. The lowest BCUT2D eigenvalue weighted by Gasteiger charge is -2.16. The molecule has 0 atom stereocenters. The fourth-order valence-corrected chi connectivity index (χ4v) is 1.52. The van der Waals surface area contributed by atoms with Gasteiger partial charge in [0.1, 0.15) is 0 Å². The molecule has 1 rings (SSSR count). The summed E-state index contributed by atoms with van der Waals surface area (Å²) < 4.78 is 0. The van der Waals surface area contributed by atoms with E-state index in [0.717, 1.165) is 38.9 Å². The van der Waals surface area contributed by atoms with Gasteiger partial charge in [0.25, 0.3) is 0 Å². The molecule has 0 unspecified atom stereocenters. The molecule has 0 N–H and O–H groups in total. The smallest absolute Gasteiger partial charge is 0.222 e. The Morgan fingerprint density at radius 2 is 2.25 bits per heavy atom. The molecule has 3 nitrogen and oxygen atoms in total. The Hall–Kier alpha value is -0.570. The van der Waals surface area contributed by atoms with Crippen LogP contribution in [0.2, 0.25) is 0 Å². The predicted molar refractivity (Wildman–Crippen MR) is 49.0 cm³/mol. The Morgan fingerprint density at radius 1 is 1.50 bits per heavy atom.